The van der Waals surface area contributed by atoms with Crippen molar-refractivity contribution in [1.82, 2.24) is 0 Å². The number of aliphatic hydroxyl groups is 2. The van der Waals surface area contributed by atoms with Gasteiger partial charge in [-0.3, -0.25) is 18.6 Å². The Hall–Kier alpha value is -1.81. The van der Waals surface area contributed by atoms with Gasteiger partial charge in [-0.2, -0.15) is 0 Å². The van der Waals surface area contributed by atoms with Crippen molar-refractivity contribution in [2.45, 2.75) is 232 Å². The number of esters is 2. The molecule has 0 spiro atoms. The second-order valence-electron chi connectivity index (χ2n) is 16.1. The highest BCUT2D eigenvalue weighted by Gasteiger charge is 2.27. The van der Waals surface area contributed by atoms with Gasteiger partial charge in [0.25, 0.3) is 0 Å². The average molecular weight is 857 g/mol. The lowest BCUT2D eigenvalue weighted by molar-refractivity contribution is -0.153. The molecule has 0 fully saturated rings. The number of unbranched alkanes of at least 4 members (excludes halogenated alkanes) is 25. The van der Waals surface area contributed by atoms with Crippen molar-refractivity contribution in [2.75, 3.05) is 26.4 Å². The van der Waals surface area contributed by atoms with E-state index in [1.165, 1.54) is 122 Å². The van der Waals surface area contributed by atoms with Gasteiger partial charge in [0.1, 0.15) is 12.2 Å². The van der Waals surface area contributed by atoms with E-state index in [1.54, 1.807) is 0 Å². The Morgan fingerprint density at radius 1 is 0.475 bits per heavy atom. The van der Waals surface area contributed by atoms with Crippen molar-refractivity contribution in [3.05, 3.63) is 36.5 Å². The summed E-state index contributed by atoms with van der Waals surface area (Å²) in [5.74, 6) is -1.04. The number of carbonyl (C=O) groups is 2. The van der Waals surface area contributed by atoms with Crippen LogP contribution in [0.2, 0.25) is 0 Å². The first kappa shape index (κ1) is 57.2. The van der Waals surface area contributed by atoms with Crippen LogP contribution in [-0.4, -0.2) is 65.7 Å². The molecule has 10 nitrogen and oxygen atoms in total. The maximum Gasteiger partial charge on any atom is 0.472 e. The second-order valence-corrected chi connectivity index (χ2v) is 17.5. The molecule has 3 N–H and O–H groups in total. The minimum Gasteiger partial charge on any atom is -0.457 e. The van der Waals surface area contributed by atoms with E-state index in [4.69, 9.17) is 18.5 Å². The zero-order valence-electron chi connectivity index (χ0n) is 37.7. The van der Waals surface area contributed by atoms with Crippen LogP contribution in [0.1, 0.15) is 219 Å². The topological polar surface area (TPSA) is 149 Å². The summed E-state index contributed by atoms with van der Waals surface area (Å²) in [4.78, 5) is 34.5. The van der Waals surface area contributed by atoms with Crippen LogP contribution in [0.5, 0.6) is 0 Å². The van der Waals surface area contributed by atoms with Crippen LogP contribution in [-0.2, 0) is 32.7 Å². The van der Waals surface area contributed by atoms with Crippen LogP contribution in [0.4, 0.5) is 0 Å². The summed E-state index contributed by atoms with van der Waals surface area (Å²) >= 11 is 0. The van der Waals surface area contributed by atoms with E-state index in [9.17, 15) is 29.3 Å². The van der Waals surface area contributed by atoms with Crippen molar-refractivity contribution in [3.63, 3.8) is 0 Å². The number of carbonyl (C=O) groups excluding carboxylic acids is 2. The largest absolute Gasteiger partial charge is 0.472 e. The van der Waals surface area contributed by atoms with Crippen molar-refractivity contribution in [3.8, 4) is 0 Å². The first-order valence-electron chi connectivity index (χ1n) is 23.9. The second kappa shape index (κ2) is 44.3. The molecule has 0 aromatic heterocycles. The third-order valence-electron chi connectivity index (χ3n) is 10.4. The van der Waals surface area contributed by atoms with Gasteiger partial charge in [0.15, 0.2) is 0 Å². The van der Waals surface area contributed by atoms with Crippen LogP contribution < -0.4 is 0 Å². The van der Waals surface area contributed by atoms with E-state index in [0.29, 0.717) is 12.8 Å². The SMILES string of the molecule is CC/C=C\C/C=C\C/C=C\CCCCCC(=O)OC(CO)COP(=O)(O)OCC(CO)OC(=O)CCCCCCCCCCCCCCCCCCCCCCCCC. The highest BCUT2D eigenvalue weighted by molar-refractivity contribution is 7.47. The zero-order valence-corrected chi connectivity index (χ0v) is 38.6. The molecule has 3 atom stereocenters. The Morgan fingerprint density at radius 3 is 1.15 bits per heavy atom. The first-order valence-corrected chi connectivity index (χ1v) is 25.4. The molecule has 0 saturated carbocycles. The molecule has 0 heterocycles. The van der Waals surface area contributed by atoms with Gasteiger partial charge >= 0.3 is 19.8 Å². The fraction of sp³-hybridized carbons (Fsp3) is 0.833. The third-order valence-corrected chi connectivity index (χ3v) is 11.3. The first-order chi connectivity index (χ1) is 28.8. The monoisotopic (exact) mass is 857 g/mol. The molecule has 0 amide bonds. The molecule has 59 heavy (non-hydrogen) atoms. The summed E-state index contributed by atoms with van der Waals surface area (Å²) in [6.45, 7) is 2.09. The molecule has 0 aromatic carbocycles. The number of hydrogen-bond donors (Lipinski definition) is 3. The number of allylic oxidation sites excluding steroid dienone is 6. The molecule has 0 bridgehead atoms. The van der Waals surface area contributed by atoms with Gasteiger partial charge in [-0.05, 0) is 44.9 Å². The molecular formula is C48H89O10P. The third kappa shape index (κ3) is 42.7. The number of ether oxygens (including phenoxy) is 2. The normalized spacial score (nSPS) is 14.1. The van der Waals surface area contributed by atoms with Crippen LogP contribution in [0.15, 0.2) is 36.5 Å². The summed E-state index contributed by atoms with van der Waals surface area (Å²) in [5, 5.41) is 19.2. The number of hydrogen-bond acceptors (Lipinski definition) is 9. The minimum atomic E-state index is -4.64. The van der Waals surface area contributed by atoms with E-state index in [-0.39, 0.29) is 12.8 Å². The van der Waals surface area contributed by atoms with Crippen molar-refractivity contribution in [1.29, 1.82) is 0 Å². The Kier molecular flexibility index (Phi) is 42.9. The van der Waals surface area contributed by atoms with Crippen molar-refractivity contribution < 1.29 is 47.8 Å². The summed E-state index contributed by atoms with van der Waals surface area (Å²) in [5.41, 5.74) is 0. The molecule has 0 aliphatic rings. The van der Waals surface area contributed by atoms with Gasteiger partial charge in [0, 0.05) is 12.8 Å². The molecule has 0 aliphatic heterocycles. The van der Waals surface area contributed by atoms with Crippen LogP contribution in [0, 0.1) is 0 Å². The smallest absolute Gasteiger partial charge is 0.457 e. The van der Waals surface area contributed by atoms with Crippen LogP contribution in [0.25, 0.3) is 0 Å². The quantitative estimate of drug-likeness (QED) is 0.0234. The molecule has 0 aliphatic carbocycles. The highest BCUT2D eigenvalue weighted by Crippen LogP contribution is 2.43. The predicted octanol–water partition coefficient (Wildman–Crippen LogP) is 13.1. The number of aliphatic hydroxyl groups excluding tert-OH is 2. The fourth-order valence-electron chi connectivity index (χ4n) is 6.72. The molecule has 0 saturated heterocycles. The van der Waals surface area contributed by atoms with Crippen LogP contribution in [0.3, 0.4) is 0 Å². The van der Waals surface area contributed by atoms with E-state index in [2.05, 4.69) is 50.3 Å². The Morgan fingerprint density at radius 2 is 0.797 bits per heavy atom. The Bertz CT molecular complexity index is 1080. The lowest BCUT2D eigenvalue weighted by Gasteiger charge is -2.20. The van der Waals surface area contributed by atoms with E-state index >= 15 is 0 Å². The van der Waals surface area contributed by atoms with Gasteiger partial charge in [-0.15, -0.1) is 0 Å². The van der Waals surface area contributed by atoms with Crippen LogP contribution >= 0.6 is 7.82 Å². The predicted molar refractivity (Wildman–Crippen MR) is 242 cm³/mol. The summed E-state index contributed by atoms with van der Waals surface area (Å²) in [6.07, 6.45) is 47.1. The highest BCUT2D eigenvalue weighted by atomic mass is 31.2. The molecule has 11 heteroatoms. The van der Waals surface area contributed by atoms with Gasteiger partial charge in [0.05, 0.1) is 26.4 Å². The number of rotatable bonds is 45. The molecule has 0 radical (unpaired) electrons. The van der Waals surface area contributed by atoms with E-state index in [1.807, 2.05) is 0 Å². The lowest BCUT2D eigenvalue weighted by Crippen LogP contribution is -2.28. The fourth-order valence-corrected chi connectivity index (χ4v) is 7.50. The van der Waals surface area contributed by atoms with Crippen molar-refractivity contribution >= 4 is 19.8 Å². The molecule has 346 valence electrons. The van der Waals surface area contributed by atoms with Crippen molar-refractivity contribution in [2.24, 2.45) is 0 Å². The summed E-state index contributed by atoms with van der Waals surface area (Å²) in [6, 6.07) is 0. The Labute approximate surface area is 361 Å². The molecule has 0 aromatic rings. The molecule has 0 rings (SSSR count). The summed E-state index contributed by atoms with van der Waals surface area (Å²) < 4.78 is 32.6. The van der Waals surface area contributed by atoms with Gasteiger partial charge in [-0.25, -0.2) is 4.57 Å². The minimum absolute atomic E-state index is 0.157. The van der Waals surface area contributed by atoms with Gasteiger partial charge < -0.3 is 24.6 Å². The van der Waals surface area contributed by atoms with E-state index < -0.39 is 58.4 Å². The zero-order chi connectivity index (χ0) is 43.3. The number of phosphoric acid groups is 1. The van der Waals surface area contributed by atoms with Gasteiger partial charge in [-0.1, -0.05) is 198 Å². The standard InChI is InChI=1S/C48H89O10P/c1-3-5-7-9-11-13-15-17-18-19-20-21-22-23-24-25-26-28-30-32-34-36-38-40-48(52)58-46(42-50)44-56-59(53,54)55-43-45(41-49)57-47(51)39-37-35-33-31-29-27-16-14-12-10-8-6-4-2/h6,8,12,14,27,29,45-46,49-50H,3-5,7,9-11,13,15-26,28,30-44H2,1-2H3,(H,53,54)/b8-6-,14-12-,29-27-. The molecular weight excluding hydrogens is 767 g/mol. The number of phosphoric ester groups is 1. The maximum absolute atomic E-state index is 12.4. The average Bonchev–Trinajstić information content (AvgIpc) is 3.22. The maximum atomic E-state index is 12.4. The Balaban J connectivity index is 3.82. The summed E-state index contributed by atoms with van der Waals surface area (Å²) in [7, 11) is -4.64. The van der Waals surface area contributed by atoms with Gasteiger partial charge in [0.2, 0.25) is 0 Å². The molecule has 3 unspecified atom stereocenters. The van der Waals surface area contributed by atoms with E-state index in [0.717, 1.165) is 57.8 Å². The lowest BCUT2D eigenvalue weighted by atomic mass is 10.0.